The van der Waals surface area contributed by atoms with E-state index in [4.69, 9.17) is 23.2 Å². The number of likely N-dealkylation sites (tertiary alicyclic amines) is 1. The first-order valence-corrected chi connectivity index (χ1v) is 22.9. The number of carbonyl (C=O) groups excluding carboxylic acids is 5. The molecule has 9 rings (SSSR count). The summed E-state index contributed by atoms with van der Waals surface area (Å²) >= 11 is 12.8. The Kier molecular flexibility index (Phi) is 11.4. The largest absolute Gasteiger partial charge is 0.374 e. The fourth-order valence-corrected chi connectivity index (χ4v) is 12.0. The summed E-state index contributed by atoms with van der Waals surface area (Å²) in [6.45, 7) is 5.77. The lowest BCUT2D eigenvalue weighted by Gasteiger charge is -2.50. The first kappa shape index (κ1) is 42.7. The van der Waals surface area contributed by atoms with Crippen LogP contribution in [-0.2, 0) is 29.4 Å². The third-order valence-electron chi connectivity index (χ3n) is 15.1. The molecule has 5 heterocycles. The Morgan fingerprint density at radius 1 is 0.871 bits per heavy atom. The predicted octanol–water partition coefficient (Wildman–Crippen LogP) is 7.11. The van der Waals surface area contributed by atoms with E-state index >= 15 is 4.39 Å². The topological polar surface area (TPSA) is 162 Å². The van der Waals surface area contributed by atoms with Crippen LogP contribution < -0.4 is 26.6 Å². The van der Waals surface area contributed by atoms with Crippen molar-refractivity contribution in [2.24, 2.45) is 11.3 Å². The van der Waals surface area contributed by atoms with E-state index in [1.54, 1.807) is 18.2 Å². The average Bonchev–Trinajstić information content (AvgIpc) is 3.72. The van der Waals surface area contributed by atoms with Gasteiger partial charge in [0, 0.05) is 65.5 Å². The standard InChI is InChI=1S/C47H54Cl2FN7O5/c1-45(2)18-20-46(21-19-45)47(33-12-7-29(48)25-35(33)54-44(47)62)37(32-15-22-51-40(49)38(32)50)39(56-46)42(60)53-31-10-5-28(6-11-31)43(61)57-23-16-27(17-24-57)26-3-8-30(9-4-26)52-34-13-14-36(58)55-41(34)59/h3-4,7-9,12,15,22,25,27-28,31,34,37,39,52,56H,5-6,10-11,13-14,16-21,23-24H2,1-2H3,(H,53,60)(H,54,62)(H,55,58,59)/t28?,31?,34?,37-,39+,47+/m0/s1. The molecule has 5 fully saturated rings. The first-order chi connectivity index (χ1) is 29.7. The second kappa shape index (κ2) is 16.5. The Morgan fingerprint density at radius 3 is 2.27 bits per heavy atom. The number of nitrogens with one attached hydrogen (secondary N) is 5. The van der Waals surface area contributed by atoms with Gasteiger partial charge in [0.15, 0.2) is 11.0 Å². The number of hydrogen-bond donors (Lipinski definition) is 5. The number of aromatic nitrogens is 1. The number of nitrogens with zero attached hydrogens (tertiary/aromatic N) is 2. The van der Waals surface area contributed by atoms with Gasteiger partial charge in [-0.1, -0.05) is 55.2 Å². The van der Waals surface area contributed by atoms with Crippen LogP contribution in [0.4, 0.5) is 15.8 Å². The summed E-state index contributed by atoms with van der Waals surface area (Å²) in [5.74, 6) is -2.51. The number of carbonyl (C=O) groups is 5. The number of piperidine rings is 2. The van der Waals surface area contributed by atoms with Crippen molar-refractivity contribution in [1.82, 2.24) is 25.8 Å². The first-order valence-electron chi connectivity index (χ1n) is 22.2. The maximum Gasteiger partial charge on any atom is 0.249 e. The molecule has 2 saturated carbocycles. The SMILES string of the molecule is CC1(C)CCC2(CC1)N[C@@H](C(=O)NC1CCC(C(=O)N3CCC(c4ccc(NC5CCC(=O)NC5=O)cc4)CC3)CC1)[C@H](c1ccnc(Cl)c1F)[C@]21C(=O)Nc2cc(Cl)ccc21. The number of rotatable bonds is 7. The molecule has 2 spiro atoms. The highest BCUT2D eigenvalue weighted by molar-refractivity contribution is 6.31. The third kappa shape index (κ3) is 7.55. The normalized spacial score (nSPS) is 29.3. The van der Waals surface area contributed by atoms with Gasteiger partial charge in [-0.2, -0.15) is 0 Å². The maximum absolute atomic E-state index is 16.4. The molecule has 3 aromatic rings. The molecular formula is C47H54Cl2FN7O5. The van der Waals surface area contributed by atoms with Gasteiger partial charge in [-0.15, -0.1) is 0 Å². The number of benzene rings is 2. The highest BCUT2D eigenvalue weighted by Crippen LogP contribution is 2.64. The van der Waals surface area contributed by atoms with Crippen molar-refractivity contribution in [3.05, 3.63) is 87.4 Å². The van der Waals surface area contributed by atoms with E-state index in [-0.39, 0.29) is 57.6 Å². The number of pyridine rings is 1. The van der Waals surface area contributed by atoms with Crippen molar-refractivity contribution in [3.63, 3.8) is 0 Å². The molecule has 1 unspecified atom stereocenters. The Bertz CT molecular complexity index is 2280. The van der Waals surface area contributed by atoms with Gasteiger partial charge in [-0.05, 0) is 129 Å². The van der Waals surface area contributed by atoms with Crippen LogP contribution in [-0.4, -0.2) is 76.2 Å². The molecule has 0 radical (unpaired) electrons. The van der Waals surface area contributed by atoms with Crippen molar-refractivity contribution < 1.29 is 28.4 Å². The maximum atomic E-state index is 16.4. The van der Waals surface area contributed by atoms with Crippen LogP contribution in [0.15, 0.2) is 54.7 Å². The molecule has 12 nitrogen and oxygen atoms in total. The molecule has 2 aliphatic carbocycles. The van der Waals surface area contributed by atoms with Gasteiger partial charge in [0.05, 0.1) is 6.04 Å². The smallest absolute Gasteiger partial charge is 0.249 e. The van der Waals surface area contributed by atoms with E-state index in [0.29, 0.717) is 86.6 Å². The van der Waals surface area contributed by atoms with E-state index in [1.165, 1.54) is 11.8 Å². The molecule has 1 aromatic heterocycles. The summed E-state index contributed by atoms with van der Waals surface area (Å²) in [4.78, 5) is 73.1. The molecule has 5 amide bonds. The zero-order valence-electron chi connectivity index (χ0n) is 35.1. The van der Waals surface area contributed by atoms with Crippen molar-refractivity contribution in [3.8, 4) is 0 Å². The second-order valence-electron chi connectivity index (χ2n) is 19.2. The van der Waals surface area contributed by atoms with Crippen LogP contribution in [0.25, 0.3) is 0 Å². The van der Waals surface area contributed by atoms with E-state index < -0.39 is 34.8 Å². The van der Waals surface area contributed by atoms with Crippen LogP contribution in [0.1, 0.15) is 119 Å². The van der Waals surface area contributed by atoms with Gasteiger partial charge >= 0.3 is 0 Å². The monoisotopic (exact) mass is 885 g/mol. The highest BCUT2D eigenvalue weighted by atomic mass is 35.5. The van der Waals surface area contributed by atoms with Crippen LogP contribution in [0.3, 0.4) is 0 Å². The number of amides is 5. The molecule has 5 N–H and O–H groups in total. The van der Waals surface area contributed by atoms with Crippen LogP contribution in [0.2, 0.25) is 10.2 Å². The summed E-state index contributed by atoms with van der Waals surface area (Å²) in [6, 6.07) is 13.3. The lowest BCUT2D eigenvalue weighted by molar-refractivity contribution is -0.138. The lowest BCUT2D eigenvalue weighted by Crippen LogP contribution is -2.61. The van der Waals surface area contributed by atoms with Gasteiger partial charge in [-0.3, -0.25) is 34.6 Å². The van der Waals surface area contributed by atoms with Crippen LogP contribution >= 0.6 is 23.2 Å². The fourth-order valence-electron chi connectivity index (χ4n) is 11.7. The van der Waals surface area contributed by atoms with Crippen molar-refractivity contribution in [2.75, 3.05) is 23.7 Å². The number of hydrogen-bond acceptors (Lipinski definition) is 8. The molecular weight excluding hydrogens is 832 g/mol. The molecule has 6 aliphatic rings. The third-order valence-corrected chi connectivity index (χ3v) is 15.6. The highest BCUT2D eigenvalue weighted by Gasteiger charge is 2.73. The summed E-state index contributed by atoms with van der Waals surface area (Å²) in [5.41, 5.74) is 1.22. The van der Waals surface area contributed by atoms with Gasteiger partial charge in [0.25, 0.3) is 0 Å². The van der Waals surface area contributed by atoms with Crippen molar-refractivity contribution in [2.45, 2.75) is 132 Å². The number of fused-ring (bicyclic) bond motifs is 3. The Hall–Kier alpha value is -4.59. The molecule has 62 heavy (non-hydrogen) atoms. The predicted molar refractivity (Wildman–Crippen MR) is 234 cm³/mol. The van der Waals surface area contributed by atoms with Crippen molar-refractivity contribution in [1.29, 1.82) is 0 Å². The summed E-state index contributed by atoms with van der Waals surface area (Å²) in [7, 11) is 0. The molecule has 4 aliphatic heterocycles. The zero-order valence-corrected chi connectivity index (χ0v) is 36.6. The number of anilines is 2. The number of imide groups is 1. The second-order valence-corrected chi connectivity index (χ2v) is 20.0. The zero-order chi connectivity index (χ0) is 43.6. The molecule has 328 valence electrons. The molecule has 15 heteroatoms. The van der Waals surface area contributed by atoms with E-state index in [1.807, 2.05) is 23.1 Å². The summed E-state index contributed by atoms with van der Waals surface area (Å²) in [5, 5.41) is 15.9. The van der Waals surface area contributed by atoms with Crippen molar-refractivity contribution >= 4 is 64.1 Å². The van der Waals surface area contributed by atoms with Crippen LogP contribution in [0, 0.1) is 17.2 Å². The lowest BCUT2D eigenvalue weighted by atomic mass is 9.53. The van der Waals surface area contributed by atoms with Gasteiger partial charge in [0.2, 0.25) is 29.5 Å². The molecule has 0 bridgehead atoms. The summed E-state index contributed by atoms with van der Waals surface area (Å²) < 4.78 is 16.4. The quantitative estimate of drug-likeness (QED) is 0.124. The average molecular weight is 887 g/mol. The Balaban J connectivity index is 0.865. The fraction of sp³-hybridized carbons (Fsp3) is 0.532. The van der Waals surface area contributed by atoms with E-state index in [2.05, 4.69) is 57.5 Å². The molecule has 2 aromatic carbocycles. The van der Waals surface area contributed by atoms with Gasteiger partial charge in [0.1, 0.15) is 11.5 Å². The van der Waals surface area contributed by atoms with E-state index in [0.717, 1.165) is 31.4 Å². The van der Waals surface area contributed by atoms with Crippen LogP contribution in [0.5, 0.6) is 0 Å². The Labute approximate surface area is 371 Å². The minimum absolute atomic E-state index is 0.0194. The van der Waals surface area contributed by atoms with Gasteiger partial charge < -0.3 is 20.9 Å². The minimum Gasteiger partial charge on any atom is -0.374 e. The van der Waals surface area contributed by atoms with E-state index in [9.17, 15) is 24.0 Å². The molecule has 4 atom stereocenters. The van der Waals surface area contributed by atoms with Gasteiger partial charge in [-0.25, -0.2) is 9.37 Å². The Morgan fingerprint density at radius 2 is 1.58 bits per heavy atom. The minimum atomic E-state index is -1.35. The number of halogens is 3. The molecule has 3 saturated heterocycles. The summed E-state index contributed by atoms with van der Waals surface area (Å²) in [6.07, 6.45) is 9.23.